The van der Waals surface area contributed by atoms with Crippen LogP contribution in [0, 0.1) is 0 Å². The molecular weight excluding hydrogens is 565 g/mol. The van der Waals surface area contributed by atoms with Crippen LogP contribution in [0.3, 0.4) is 0 Å². The van der Waals surface area contributed by atoms with Gasteiger partial charge in [-0.15, -0.1) is 47.0 Å². The molecule has 0 spiro atoms. The summed E-state index contributed by atoms with van der Waals surface area (Å²) in [5.41, 5.74) is 0. The molecule has 0 aromatic carbocycles. The fraction of sp³-hybridized carbons (Fsp3) is 1.00. The number of aliphatic hydroxyl groups excluding tert-OH is 4. The quantitative estimate of drug-likeness (QED) is 0.0800. The highest BCUT2D eigenvalue weighted by atomic mass is 32.2. The number of rotatable bonds is 24. The van der Waals surface area contributed by atoms with Crippen LogP contribution >= 0.6 is 47.0 Å². The molecule has 2 rings (SSSR count). The molecule has 4 nitrogen and oxygen atoms in total. The third-order valence-corrected chi connectivity index (χ3v) is 15.2. The monoisotopic (exact) mass is 624 g/mol. The van der Waals surface area contributed by atoms with Crippen molar-refractivity contribution in [1.29, 1.82) is 0 Å². The molecule has 2 aliphatic heterocycles. The Bertz CT molecular complexity index is 549. The summed E-state index contributed by atoms with van der Waals surface area (Å²) in [5.74, 6) is 4.51. The fourth-order valence-electron chi connectivity index (χ4n) is 6.03. The summed E-state index contributed by atoms with van der Waals surface area (Å²) >= 11 is 7.84. The van der Waals surface area contributed by atoms with Crippen LogP contribution in [-0.4, -0.2) is 76.0 Å². The van der Waals surface area contributed by atoms with Crippen LogP contribution in [0.1, 0.15) is 136 Å². The van der Waals surface area contributed by atoms with Gasteiger partial charge in [-0.25, -0.2) is 0 Å². The van der Waals surface area contributed by atoms with E-state index in [1.54, 1.807) is 0 Å². The van der Waals surface area contributed by atoms with Gasteiger partial charge in [0.1, 0.15) is 0 Å². The van der Waals surface area contributed by atoms with Crippen molar-refractivity contribution in [1.82, 2.24) is 0 Å². The number of unbranched alkanes of at least 4 members (excludes halogenated alkanes) is 8. The molecule has 2 saturated heterocycles. The third kappa shape index (κ3) is 15.5. The first-order valence-corrected chi connectivity index (χ1v) is 20.0. The summed E-state index contributed by atoms with van der Waals surface area (Å²) in [7, 11) is 0. The first kappa shape index (κ1) is 36.4. The van der Waals surface area contributed by atoms with E-state index >= 15 is 0 Å². The summed E-state index contributed by atoms with van der Waals surface area (Å²) in [5, 5.41) is 42.8. The van der Waals surface area contributed by atoms with Gasteiger partial charge in [-0.05, 0) is 51.4 Å². The molecular formula is C31H60O4S4. The molecule has 4 N–H and O–H groups in total. The Morgan fingerprint density at radius 3 is 0.974 bits per heavy atom. The molecule has 0 aromatic rings. The van der Waals surface area contributed by atoms with E-state index in [4.69, 9.17) is 0 Å². The lowest BCUT2D eigenvalue weighted by molar-refractivity contribution is 0.119. The maximum absolute atomic E-state index is 10.8. The van der Waals surface area contributed by atoms with Gasteiger partial charge >= 0.3 is 0 Å². The van der Waals surface area contributed by atoms with E-state index in [1.807, 2.05) is 47.0 Å². The fourth-order valence-corrected chi connectivity index (χ4v) is 13.0. The third-order valence-electron chi connectivity index (χ3n) is 8.17. The zero-order valence-corrected chi connectivity index (χ0v) is 28.3. The van der Waals surface area contributed by atoms with Gasteiger partial charge in [0.15, 0.2) is 0 Å². The van der Waals surface area contributed by atoms with Crippen molar-refractivity contribution >= 4 is 47.0 Å². The zero-order valence-electron chi connectivity index (χ0n) is 25.0. The molecule has 39 heavy (non-hydrogen) atoms. The highest BCUT2D eigenvalue weighted by Crippen LogP contribution is 2.52. The lowest BCUT2D eigenvalue weighted by atomic mass is 9.98. The molecule has 0 radical (unpaired) electrons. The largest absolute Gasteiger partial charge is 0.393 e. The molecule has 4 atom stereocenters. The van der Waals surface area contributed by atoms with Crippen molar-refractivity contribution in [2.75, 3.05) is 23.0 Å². The summed E-state index contributed by atoms with van der Waals surface area (Å²) < 4.78 is -0.0000239. The lowest BCUT2D eigenvalue weighted by Gasteiger charge is -2.32. The van der Waals surface area contributed by atoms with Gasteiger partial charge < -0.3 is 20.4 Å². The van der Waals surface area contributed by atoms with Gasteiger partial charge in [0, 0.05) is 23.0 Å². The minimum Gasteiger partial charge on any atom is -0.393 e. The molecule has 2 heterocycles. The van der Waals surface area contributed by atoms with E-state index in [0.717, 1.165) is 119 Å². The second kappa shape index (κ2) is 21.0. The Balaban J connectivity index is 1.58. The van der Waals surface area contributed by atoms with Crippen LogP contribution in [0.2, 0.25) is 0 Å². The van der Waals surface area contributed by atoms with Crippen molar-refractivity contribution in [2.24, 2.45) is 0 Å². The van der Waals surface area contributed by atoms with Crippen LogP contribution in [0.5, 0.6) is 0 Å². The molecule has 0 saturated carbocycles. The topological polar surface area (TPSA) is 80.9 Å². The van der Waals surface area contributed by atoms with Crippen LogP contribution in [0.25, 0.3) is 0 Å². The van der Waals surface area contributed by atoms with Gasteiger partial charge in [-0.3, -0.25) is 0 Å². The standard InChI is InChI=1S/C31H60O4S4/c1-3-5-10-14-26(32)22-30(36-18-19-37-30)24-28(34)16-12-8-7-9-13-17-29(35)25-31(38-20-21-39-31)23-27(33)15-11-6-4-2/h26-29,32-35H,3-25H2,1-2H3. The van der Waals surface area contributed by atoms with Crippen molar-refractivity contribution < 1.29 is 20.4 Å². The van der Waals surface area contributed by atoms with Crippen LogP contribution in [-0.2, 0) is 0 Å². The second-order valence-corrected chi connectivity index (χ2v) is 18.4. The van der Waals surface area contributed by atoms with E-state index in [0.29, 0.717) is 0 Å². The Morgan fingerprint density at radius 1 is 0.436 bits per heavy atom. The molecule has 8 heteroatoms. The van der Waals surface area contributed by atoms with Crippen LogP contribution in [0.15, 0.2) is 0 Å². The first-order chi connectivity index (χ1) is 18.8. The average Bonchev–Trinajstić information content (AvgIpc) is 3.53. The van der Waals surface area contributed by atoms with E-state index in [9.17, 15) is 20.4 Å². The minimum atomic E-state index is -0.275. The molecule has 232 valence electrons. The van der Waals surface area contributed by atoms with Crippen LogP contribution < -0.4 is 0 Å². The van der Waals surface area contributed by atoms with Gasteiger partial charge in [0.2, 0.25) is 0 Å². The summed E-state index contributed by atoms with van der Waals surface area (Å²) in [6, 6.07) is 0. The number of hydrogen-bond donors (Lipinski definition) is 4. The minimum absolute atomic E-state index is 0.0000120. The van der Waals surface area contributed by atoms with Gasteiger partial charge in [-0.2, -0.15) is 0 Å². The van der Waals surface area contributed by atoms with Crippen molar-refractivity contribution in [2.45, 2.75) is 168 Å². The summed E-state index contributed by atoms with van der Waals surface area (Å²) in [6.07, 6.45) is 18.2. The smallest absolute Gasteiger partial charge is 0.0660 e. The Hall–Kier alpha value is 1.24. The molecule has 4 unspecified atom stereocenters. The van der Waals surface area contributed by atoms with E-state index < -0.39 is 0 Å². The highest BCUT2D eigenvalue weighted by molar-refractivity contribution is 8.21. The molecule has 0 amide bonds. The maximum Gasteiger partial charge on any atom is 0.0660 e. The lowest BCUT2D eigenvalue weighted by Crippen LogP contribution is -2.30. The number of hydrogen-bond acceptors (Lipinski definition) is 8. The summed E-state index contributed by atoms with van der Waals surface area (Å²) in [6.45, 7) is 4.40. The van der Waals surface area contributed by atoms with Crippen molar-refractivity contribution in [3.8, 4) is 0 Å². The Morgan fingerprint density at radius 2 is 0.692 bits per heavy atom. The SMILES string of the molecule is CCCCCC(O)CC1(CC(O)CCCCCCCC(O)CC2(CC(O)CCCCC)SCCS2)SCCS1. The molecule has 0 aromatic heterocycles. The Labute approximate surface area is 257 Å². The van der Waals surface area contributed by atoms with E-state index in [1.165, 1.54) is 25.7 Å². The summed E-state index contributed by atoms with van der Waals surface area (Å²) in [4.78, 5) is 0. The molecule has 2 aliphatic rings. The Kier molecular flexibility index (Phi) is 19.6. The zero-order chi connectivity index (χ0) is 28.4. The van der Waals surface area contributed by atoms with Gasteiger partial charge in [-0.1, -0.05) is 84.5 Å². The number of thioether (sulfide) groups is 4. The van der Waals surface area contributed by atoms with Gasteiger partial charge in [0.05, 0.1) is 32.6 Å². The van der Waals surface area contributed by atoms with Gasteiger partial charge in [0.25, 0.3) is 0 Å². The average molecular weight is 625 g/mol. The predicted molar refractivity (Wildman–Crippen MR) is 178 cm³/mol. The van der Waals surface area contributed by atoms with Crippen molar-refractivity contribution in [3.63, 3.8) is 0 Å². The normalized spacial score (nSPS) is 21.7. The molecule has 0 bridgehead atoms. The molecule has 2 fully saturated rings. The maximum atomic E-state index is 10.8. The predicted octanol–water partition coefficient (Wildman–Crippen LogP) is 8.23. The molecule has 0 aliphatic carbocycles. The number of aliphatic hydroxyl groups is 4. The second-order valence-electron chi connectivity index (χ2n) is 12.0. The van der Waals surface area contributed by atoms with E-state index in [2.05, 4.69) is 13.8 Å². The van der Waals surface area contributed by atoms with Crippen molar-refractivity contribution in [3.05, 3.63) is 0 Å². The van der Waals surface area contributed by atoms with Crippen LogP contribution in [0.4, 0.5) is 0 Å². The highest BCUT2D eigenvalue weighted by Gasteiger charge is 2.40. The first-order valence-electron chi connectivity index (χ1n) is 16.1. The van der Waals surface area contributed by atoms with E-state index in [-0.39, 0.29) is 32.6 Å².